The Labute approximate surface area is 90.1 Å². The van der Waals surface area contributed by atoms with Crippen LogP contribution in [0.3, 0.4) is 0 Å². The molecule has 0 aliphatic carbocycles. The summed E-state index contributed by atoms with van der Waals surface area (Å²) in [5, 5.41) is 2.83. The predicted octanol–water partition coefficient (Wildman–Crippen LogP) is 1.93. The van der Waals surface area contributed by atoms with Crippen LogP contribution >= 0.6 is 12.6 Å². The molecule has 0 aliphatic heterocycles. The smallest absolute Gasteiger partial charge is 0.221 e. The first-order valence-corrected chi connectivity index (χ1v) is 5.28. The van der Waals surface area contributed by atoms with Gasteiger partial charge in [-0.2, -0.15) is 12.6 Å². The second-order valence-electron chi connectivity index (χ2n) is 3.24. The molecule has 1 aromatic rings. The Morgan fingerprint density at radius 2 is 2.00 bits per heavy atom. The lowest BCUT2D eigenvalue weighted by Crippen LogP contribution is -2.22. The molecule has 0 unspecified atom stereocenters. The van der Waals surface area contributed by atoms with Crippen LogP contribution in [-0.4, -0.2) is 11.7 Å². The van der Waals surface area contributed by atoms with Gasteiger partial charge in [-0.15, -0.1) is 0 Å². The Hall–Kier alpha value is -0.960. The SMILES string of the molecule is Cc1ccc(CNC(=O)CCS)cc1. The molecule has 0 atom stereocenters. The number of rotatable bonds is 4. The number of thiol groups is 1. The van der Waals surface area contributed by atoms with E-state index >= 15 is 0 Å². The minimum absolute atomic E-state index is 0.0561. The Bertz CT molecular complexity index is 295. The third kappa shape index (κ3) is 3.83. The summed E-state index contributed by atoms with van der Waals surface area (Å²) in [6.07, 6.45) is 0.481. The van der Waals surface area contributed by atoms with E-state index in [-0.39, 0.29) is 5.91 Å². The van der Waals surface area contributed by atoms with Gasteiger partial charge < -0.3 is 5.32 Å². The van der Waals surface area contributed by atoms with Crippen LogP contribution in [0.25, 0.3) is 0 Å². The standard InChI is InChI=1S/C11H15NOS/c1-9-2-4-10(5-3-9)8-12-11(13)6-7-14/h2-5,14H,6-8H2,1H3,(H,12,13). The van der Waals surface area contributed by atoms with Crippen molar-refractivity contribution in [3.8, 4) is 0 Å². The summed E-state index contributed by atoms with van der Waals surface area (Å²) >= 11 is 3.99. The van der Waals surface area contributed by atoms with Crippen LogP contribution < -0.4 is 5.32 Å². The highest BCUT2D eigenvalue weighted by Crippen LogP contribution is 2.02. The van der Waals surface area contributed by atoms with Crippen molar-refractivity contribution in [1.29, 1.82) is 0 Å². The lowest BCUT2D eigenvalue weighted by Gasteiger charge is -2.04. The van der Waals surface area contributed by atoms with Crippen LogP contribution in [0.1, 0.15) is 17.5 Å². The maximum absolute atomic E-state index is 11.1. The topological polar surface area (TPSA) is 29.1 Å². The highest BCUT2D eigenvalue weighted by atomic mass is 32.1. The van der Waals surface area contributed by atoms with Gasteiger partial charge >= 0.3 is 0 Å². The third-order valence-electron chi connectivity index (χ3n) is 1.95. The number of carbonyl (C=O) groups is 1. The number of hydrogen-bond donors (Lipinski definition) is 2. The molecule has 1 amide bonds. The van der Waals surface area contributed by atoms with E-state index in [9.17, 15) is 4.79 Å². The number of benzene rings is 1. The summed E-state index contributed by atoms with van der Waals surface area (Å²) in [5.74, 6) is 0.653. The van der Waals surface area contributed by atoms with E-state index in [1.165, 1.54) is 5.56 Å². The minimum Gasteiger partial charge on any atom is -0.352 e. The zero-order valence-electron chi connectivity index (χ0n) is 8.29. The summed E-state index contributed by atoms with van der Waals surface area (Å²) in [6, 6.07) is 8.13. The van der Waals surface area contributed by atoms with Crippen molar-refractivity contribution < 1.29 is 4.79 Å². The molecule has 0 spiro atoms. The molecular weight excluding hydrogens is 194 g/mol. The van der Waals surface area contributed by atoms with Crippen molar-refractivity contribution >= 4 is 18.5 Å². The van der Waals surface area contributed by atoms with Gasteiger partial charge in [-0.3, -0.25) is 4.79 Å². The third-order valence-corrected chi connectivity index (χ3v) is 2.17. The van der Waals surface area contributed by atoms with Crippen molar-refractivity contribution in [3.05, 3.63) is 35.4 Å². The number of nitrogens with one attached hydrogen (secondary N) is 1. The number of hydrogen-bond acceptors (Lipinski definition) is 2. The van der Waals surface area contributed by atoms with Gasteiger partial charge in [0.05, 0.1) is 0 Å². The molecule has 3 heteroatoms. The van der Waals surface area contributed by atoms with Crippen molar-refractivity contribution in [3.63, 3.8) is 0 Å². The van der Waals surface area contributed by atoms with Gasteiger partial charge in [0.2, 0.25) is 5.91 Å². The molecule has 0 saturated carbocycles. The van der Waals surface area contributed by atoms with E-state index < -0.39 is 0 Å². The molecule has 2 nitrogen and oxygen atoms in total. The van der Waals surface area contributed by atoms with Crippen molar-refractivity contribution in [2.75, 3.05) is 5.75 Å². The fraction of sp³-hybridized carbons (Fsp3) is 0.364. The highest BCUT2D eigenvalue weighted by molar-refractivity contribution is 7.80. The fourth-order valence-electron chi connectivity index (χ4n) is 1.10. The quantitative estimate of drug-likeness (QED) is 0.729. The van der Waals surface area contributed by atoms with Gasteiger partial charge in [0.1, 0.15) is 0 Å². The molecule has 0 aliphatic rings. The lowest BCUT2D eigenvalue weighted by molar-refractivity contribution is -0.120. The Kier molecular flexibility index (Phi) is 4.53. The zero-order valence-corrected chi connectivity index (χ0v) is 9.18. The Morgan fingerprint density at radius 1 is 1.36 bits per heavy atom. The molecule has 76 valence electrons. The molecule has 0 bridgehead atoms. The number of aryl methyl sites for hydroxylation is 1. The molecule has 1 N–H and O–H groups in total. The van der Waals surface area contributed by atoms with Crippen molar-refractivity contribution in [2.24, 2.45) is 0 Å². The molecule has 0 aromatic heterocycles. The normalized spacial score (nSPS) is 9.86. The molecule has 0 radical (unpaired) electrons. The first-order chi connectivity index (χ1) is 6.72. The van der Waals surface area contributed by atoms with Gasteiger partial charge in [0, 0.05) is 13.0 Å². The van der Waals surface area contributed by atoms with Crippen LogP contribution in [0.15, 0.2) is 24.3 Å². The molecule has 1 rings (SSSR count). The zero-order chi connectivity index (χ0) is 10.4. The van der Waals surface area contributed by atoms with Crippen LogP contribution in [-0.2, 0) is 11.3 Å². The molecule has 0 fully saturated rings. The first-order valence-electron chi connectivity index (χ1n) is 4.65. The van der Waals surface area contributed by atoms with Gasteiger partial charge in [-0.1, -0.05) is 29.8 Å². The number of carbonyl (C=O) groups excluding carboxylic acids is 1. The van der Waals surface area contributed by atoms with Crippen LogP contribution in [0.5, 0.6) is 0 Å². The first kappa shape index (κ1) is 11.1. The molecule has 0 saturated heterocycles. The summed E-state index contributed by atoms with van der Waals surface area (Å²) in [7, 11) is 0. The van der Waals surface area contributed by atoms with E-state index in [2.05, 4.69) is 17.9 Å². The average Bonchev–Trinajstić information content (AvgIpc) is 2.17. The van der Waals surface area contributed by atoms with Crippen LogP contribution in [0.2, 0.25) is 0 Å². The van der Waals surface area contributed by atoms with E-state index in [0.29, 0.717) is 18.7 Å². The summed E-state index contributed by atoms with van der Waals surface area (Å²) in [6.45, 7) is 2.65. The van der Waals surface area contributed by atoms with Gasteiger partial charge in [0.15, 0.2) is 0 Å². The van der Waals surface area contributed by atoms with Gasteiger partial charge in [-0.25, -0.2) is 0 Å². The van der Waals surface area contributed by atoms with E-state index in [4.69, 9.17) is 0 Å². The Balaban J connectivity index is 2.38. The van der Waals surface area contributed by atoms with Crippen LogP contribution in [0, 0.1) is 6.92 Å². The summed E-state index contributed by atoms with van der Waals surface area (Å²) < 4.78 is 0. The van der Waals surface area contributed by atoms with Crippen molar-refractivity contribution in [2.45, 2.75) is 19.9 Å². The van der Waals surface area contributed by atoms with Gasteiger partial charge in [0.25, 0.3) is 0 Å². The van der Waals surface area contributed by atoms with Crippen molar-refractivity contribution in [1.82, 2.24) is 5.32 Å². The largest absolute Gasteiger partial charge is 0.352 e. The van der Waals surface area contributed by atoms with E-state index in [1.54, 1.807) is 0 Å². The lowest BCUT2D eigenvalue weighted by atomic mass is 10.1. The van der Waals surface area contributed by atoms with E-state index in [1.807, 2.05) is 31.2 Å². The second kappa shape index (κ2) is 5.70. The minimum atomic E-state index is 0.0561. The van der Waals surface area contributed by atoms with Gasteiger partial charge in [-0.05, 0) is 18.2 Å². The maximum Gasteiger partial charge on any atom is 0.221 e. The van der Waals surface area contributed by atoms with E-state index in [0.717, 1.165) is 5.56 Å². The number of amides is 1. The maximum atomic E-state index is 11.1. The second-order valence-corrected chi connectivity index (χ2v) is 3.68. The summed E-state index contributed by atoms with van der Waals surface area (Å²) in [5.41, 5.74) is 2.36. The fourth-order valence-corrected chi connectivity index (χ4v) is 1.30. The predicted molar refractivity (Wildman–Crippen MR) is 61.5 cm³/mol. The Morgan fingerprint density at radius 3 is 2.57 bits per heavy atom. The molecule has 14 heavy (non-hydrogen) atoms. The highest BCUT2D eigenvalue weighted by Gasteiger charge is 1.98. The summed E-state index contributed by atoms with van der Waals surface area (Å²) in [4.78, 5) is 11.1. The average molecular weight is 209 g/mol. The monoisotopic (exact) mass is 209 g/mol. The molecule has 1 aromatic carbocycles. The molecular formula is C11H15NOS. The molecule has 0 heterocycles. The van der Waals surface area contributed by atoms with Crippen LogP contribution in [0.4, 0.5) is 0 Å².